The third-order valence-corrected chi connectivity index (χ3v) is 5.82. The van der Waals surface area contributed by atoms with Gasteiger partial charge in [0.1, 0.15) is 12.4 Å². The van der Waals surface area contributed by atoms with Crippen molar-refractivity contribution in [2.24, 2.45) is 0 Å². The molecule has 152 valence electrons. The van der Waals surface area contributed by atoms with Gasteiger partial charge in [-0.15, -0.1) is 0 Å². The lowest BCUT2D eigenvalue weighted by molar-refractivity contribution is -0.135. The minimum absolute atomic E-state index is 0.0526. The van der Waals surface area contributed by atoms with Gasteiger partial charge >= 0.3 is 0 Å². The van der Waals surface area contributed by atoms with Crippen LogP contribution in [0.15, 0.2) is 24.3 Å². The zero-order valence-electron chi connectivity index (χ0n) is 16.9. The quantitative estimate of drug-likeness (QED) is 0.859. The highest BCUT2D eigenvalue weighted by molar-refractivity contribution is 5.95. The maximum Gasteiger partial charge on any atom is 0.248 e. The fourth-order valence-electron chi connectivity index (χ4n) is 4.22. The van der Waals surface area contributed by atoms with Crippen molar-refractivity contribution in [2.75, 3.05) is 18.1 Å². The number of rotatable bonds is 4. The summed E-state index contributed by atoms with van der Waals surface area (Å²) in [4.78, 5) is 37.7. The topological polar surface area (TPSA) is 86.6 Å². The highest BCUT2D eigenvalue weighted by Crippen LogP contribution is 2.35. The Morgan fingerprint density at radius 2 is 1.93 bits per heavy atom. The number of aliphatic hydroxyl groups is 1. The predicted octanol–water partition coefficient (Wildman–Crippen LogP) is 2.23. The second-order valence-corrected chi connectivity index (χ2v) is 7.84. The largest absolute Gasteiger partial charge is 0.387 e. The Morgan fingerprint density at radius 3 is 2.66 bits per heavy atom. The van der Waals surface area contributed by atoms with Crippen molar-refractivity contribution in [1.29, 1.82) is 0 Å². The number of aliphatic hydroxyl groups excluding tert-OH is 1. The van der Waals surface area contributed by atoms with Crippen molar-refractivity contribution in [2.45, 2.75) is 52.1 Å². The summed E-state index contributed by atoms with van der Waals surface area (Å²) in [5, 5.41) is 9.28. The molecule has 1 aromatic carbocycles. The van der Waals surface area contributed by atoms with E-state index in [2.05, 4.69) is 4.98 Å². The number of benzene rings is 1. The van der Waals surface area contributed by atoms with Crippen molar-refractivity contribution in [3.63, 3.8) is 0 Å². The van der Waals surface area contributed by atoms with Crippen LogP contribution in [-0.2, 0) is 22.6 Å². The smallest absolute Gasteiger partial charge is 0.248 e. The monoisotopic (exact) mass is 394 g/mol. The predicted molar refractivity (Wildman–Crippen MR) is 108 cm³/mol. The van der Waals surface area contributed by atoms with Crippen LogP contribution >= 0.6 is 0 Å². The number of hydrogen-bond acceptors (Lipinski definition) is 5. The first kappa shape index (κ1) is 19.5. The zero-order chi connectivity index (χ0) is 20.5. The molecule has 0 radical (unpaired) electrons. The van der Waals surface area contributed by atoms with Gasteiger partial charge < -0.3 is 10.0 Å². The maximum atomic E-state index is 12.8. The molecule has 2 aliphatic rings. The molecule has 1 fully saturated rings. The van der Waals surface area contributed by atoms with Crippen LogP contribution in [-0.4, -0.2) is 44.9 Å². The number of hydrogen-bond donors (Lipinski definition) is 1. The minimum atomic E-state index is -0.515. The molecule has 1 saturated heterocycles. The van der Waals surface area contributed by atoms with Crippen LogP contribution in [0.2, 0.25) is 0 Å². The van der Waals surface area contributed by atoms with Gasteiger partial charge in [0.25, 0.3) is 0 Å². The summed E-state index contributed by atoms with van der Waals surface area (Å²) in [6.07, 6.45) is 2.69. The summed E-state index contributed by atoms with van der Waals surface area (Å²) in [6, 6.07) is 7.89. The molecule has 3 heterocycles. The van der Waals surface area contributed by atoms with Gasteiger partial charge in [-0.3, -0.25) is 14.5 Å². The molecule has 0 spiro atoms. The molecule has 1 N–H and O–H groups in total. The van der Waals surface area contributed by atoms with Crippen LogP contribution in [0.5, 0.6) is 0 Å². The molecule has 29 heavy (non-hydrogen) atoms. The molecule has 1 unspecified atom stereocenters. The molecular weight excluding hydrogens is 368 g/mol. The van der Waals surface area contributed by atoms with E-state index in [1.165, 1.54) is 5.56 Å². The summed E-state index contributed by atoms with van der Waals surface area (Å²) >= 11 is 0. The first-order chi connectivity index (χ1) is 14.0. The van der Waals surface area contributed by atoms with Crippen molar-refractivity contribution in [3.05, 3.63) is 52.5 Å². The average Bonchev–Trinajstić information content (AvgIpc) is 3.21. The third-order valence-electron chi connectivity index (χ3n) is 5.82. The number of likely N-dealkylation sites (tertiary alicyclic amines) is 1. The Bertz CT molecular complexity index is 942. The number of aryl methyl sites for hydroxylation is 2. The standard InChI is InChI=1S/C22H26N4O3/c1-14-5-7-16(8-6-14)12-26-19(28)10-9-17-15(2)23-21(24-22(17)26)18-4-3-11-25(18)20(29)13-27/h5-8,18,27H,3-4,9-13H2,1-2H3. The Morgan fingerprint density at radius 1 is 1.17 bits per heavy atom. The Labute approximate surface area is 170 Å². The number of aromatic nitrogens is 2. The van der Waals surface area contributed by atoms with Gasteiger partial charge in [0.15, 0.2) is 5.82 Å². The lowest BCUT2D eigenvalue weighted by Crippen LogP contribution is -2.37. The summed E-state index contributed by atoms with van der Waals surface area (Å²) < 4.78 is 0. The Kier molecular flexibility index (Phi) is 5.32. The van der Waals surface area contributed by atoms with Crippen LogP contribution in [0.1, 0.15) is 53.5 Å². The number of fused-ring (bicyclic) bond motifs is 1. The van der Waals surface area contributed by atoms with Gasteiger partial charge in [-0.2, -0.15) is 0 Å². The van der Waals surface area contributed by atoms with E-state index in [9.17, 15) is 14.7 Å². The van der Waals surface area contributed by atoms with E-state index >= 15 is 0 Å². The van der Waals surface area contributed by atoms with E-state index in [1.807, 2.05) is 38.1 Å². The van der Waals surface area contributed by atoms with E-state index < -0.39 is 6.61 Å². The molecule has 7 heteroatoms. The van der Waals surface area contributed by atoms with Gasteiger partial charge in [-0.05, 0) is 38.7 Å². The molecule has 1 atom stereocenters. The first-order valence-electron chi connectivity index (χ1n) is 10.1. The lowest BCUT2D eigenvalue weighted by Gasteiger charge is -2.31. The second-order valence-electron chi connectivity index (χ2n) is 7.84. The van der Waals surface area contributed by atoms with E-state index in [0.29, 0.717) is 37.6 Å². The first-order valence-corrected chi connectivity index (χ1v) is 10.1. The number of carbonyl (C=O) groups is 2. The van der Waals surface area contributed by atoms with Crippen LogP contribution in [0.25, 0.3) is 0 Å². The summed E-state index contributed by atoms with van der Waals surface area (Å²) in [6.45, 7) is 4.52. The highest BCUT2D eigenvalue weighted by Gasteiger charge is 2.34. The second kappa shape index (κ2) is 7.91. The van der Waals surface area contributed by atoms with Crippen molar-refractivity contribution >= 4 is 17.6 Å². The normalized spacial score (nSPS) is 18.9. The third kappa shape index (κ3) is 3.74. The maximum absolute atomic E-state index is 12.8. The highest BCUT2D eigenvalue weighted by atomic mass is 16.3. The van der Waals surface area contributed by atoms with Gasteiger partial charge in [0.05, 0.1) is 12.6 Å². The Hall–Kier alpha value is -2.80. The molecule has 0 bridgehead atoms. The molecule has 0 saturated carbocycles. The van der Waals surface area contributed by atoms with Gasteiger partial charge in [-0.25, -0.2) is 9.97 Å². The van der Waals surface area contributed by atoms with Gasteiger partial charge in [-0.1, -0.05) is 29.8 Å². The van der Waals surface area contributed by atoms with Crippen molar-refractivity contribution < 1.29 is 14.7 Å². The molecular formula is C22H26N4O3. The molecule has 2 aliphatic heterocycles. The minimum Gasteiger partial charge on any atom is -0.387 e. The fourth-order valence-corrected chi connectivity index (χ4v) is 4.22. The van der Waals surface area contributed by atoms with Gasteiger partial charge in [0.2, 0.25) is 11.8 Å². The SMILES string of the molecule is Cc1ccc(CN2C(=O)CCc3c(C)nc(C4CCCN4C(=O)CO)nc32)cc1. The number of anilines is 1. The molecule has 7 nitrogen and oxygen atoms in total. The molecule has 4 rings (SSSR count). The Balaban J connectivity index is 1.71. The van der Waals surface area contributed by atoms with Gasteiger partial charge in [0, 0.05) is 24.2 Å². The number of carbonyl (C=O) groups excluding carboxylic acids is 2. The summed E-state index contributed by atoms with van der Waals surface area (Å²) in [5.41, 5.74) is 4.08. The number of nitrogens with zero attached hydrogens (tertiary/aromatic N) is 4. The summed E-state index contributed by atoms with van der Waals surface area (Å²) in [5.74, 6) is 0.965. The zero-order valence-corrected chi connectivity index (χ0v) is 16.9. The van der Waals surface area contributed by atoms with Crippen molar-refractivity contribution in [1.82, 2.24) is 14.9 Å². The summed E-state index contributed by atoms with van der Waals surface area (Å²) in [7, 11) is 0. The average molecular weight is 394 g/mol. The lowest BCUT2D eigenvalue weighted by atomic mass is 10.0. The molecule has 2 aromatic rings. The van der Waals surface area contributed by atoms with E-state index in [4.69, 9.17) is 4.98 Å². The molecule has 1 aromatic heterocycles. The van der Waals surface area contributed by atoms with Crippen LogP contribution in [0, 0.1) is 13.8 Å². The van der Waals surface area contributed by atoms with E-state index in [1.54, 1.807) is 9.80 Å². The van der Waals surface area contributed by atoms with Crippen LogP contribution < -0.4 is 4.90 Å². The molecule has 2 amide bonds. The van der Waals surface area contributed by atoms with Crippen LogP contribution in [0.4, 0.5) is 5.82 Å². The van der Waals surface area contributed by atoms with E-state index in [0.717, 1.165) is 29.7 Å². The number of amides is 2. The van der Waals surface area contributed by atoms with E-state index in [-0.39, 0.29) is 17.9 Å². The van der Waals surface area contributed by atoms with Crippen LogP contribution in [0.3, 0.4) is 0 Å². The van der Waals surface area contributed by atoms with Crippen molar-refractivity contribution in [3.8, 4) is 0 Å². The molecule has 0 aliphatic carbocycles. The fraction of sp³-hybridized carbons (Fsp3) is 0.455.